The van der Waals surface area contributed by atoms with Crippen LogP contribution < -0.4 is 15.6 Å². The molecule has 0 bridgehead atoms. The number of nitrogens with zero attached hydrogens (tertiary/aromatic N) is 2. The molecule has 1 N–H and O–H groups in total. The van der Waals surface area contributed by atoms with Crippen molar-refractivity contribution < 1.29 is 9.53 Å². The molecule has 1 heterocycles. The highest BCUT2D eigenvalue weighted by atomic mass is 32.2. The van der Waals surface area contributed by atoms with E-state index in [4.69, 9.17) is 9.72 Å². The Hall–Kier alpha value is -3.06. The average molecular weight is 476 g/mol. The minimum absolute atomic E-state index is 0.0552. The summed E-state index contributed by atoms with van der Waals surface area (Å²) in [6.07, 6.45) is 5.27. The Morgan fingerprint density at radius 2 is 1.97 bits per heavy atom. The fourth-order valence-corrected chi connectivity index (χ4v) is 6.32. The van der Waals surface area contributed by atoms with Crippen molar-refractivity contribution in [3.05, 3.63) is 70.0 Å². The van der Waals surface area contributed by atoms with E-state index in [0.29, 0.717) is 23.1 Å². The molecule has 1 saturated carbocycles. The zero-order valence-electron chi connectivity index (χ0n) is 19.6. The van der Waals surface area contributed by atoms with Crippen molar-refractivity contribution in [1.29, 1.82) is 0 Å². The smallest absolute Gasteiger partial charge is 0.258 e. The maximum Gasteiger partial charge on any atom is 0.258 e. The molecule has 1 aromatic heterocycles. The van der Waals surface area contributed by atoms with Crippen LogP contribution in [0.2, 0.25) is 0 Å². The van der Waals surface area contributed by atoms with Crippen molar-refractivity contribution >= 4 is 23.4 Å². The number of amides is 1. The fraction of sp³-hybridized carbons (Fsp3) is 0.370. The Bertz CT molecular complexity index is 1290. The lowest BCUT2D eigenvalue weighted by Crippen LogP contribution is -2.40. The third-order valence-corrected chi connectivity index (χ3v) is 8.00. The first-order chi connectivity index (χ1) is 16.5. The van der Waals surface area contributed by atoms with Crippen LogP contribution in [-0.2, 0) is 23.2 Å². The molecule has 2 aromatic carbocycles. The number of anilines is 1. The summed E-state index contributed by atoms with van der Waals surface area (Å²) in [6, 6.07) is 15.6. The van der Waals surface area contributed by atoms with Crippen molar-refractivity contribution in [3.63, 3.8) is 0 Å². The summed E-state index contributed by atoms with van der Waals surface area (Å²) in [5.41, 5.74) is 4.64. The van der Waals surface area contributed by atoms with Crippen LogP contribution in [0.5, 0.6) is 5.75 Å². The first kappa shape index (κ1) is 22.7. The number of ether oxygens (including phenoxy) is 1. The van der Waals surface area contributed by atoms with Crippen LogP contribution in [-0.4, -0.2) is 28.3 Å². The molecule has 0 aliphatic heterocycles. The van der Waals surface area contributed by atoms with E-state index >= 15 is 0 Å². The topological polar surface area (TPSA) is 73.2 Å². The van der Waals surface area contributed by atoms with Crippen LogP contribution in [0, 0.1) is 0 Å². The number of nitrogens with one attached hydrogen (secondary N) is 1. The molecular formula is C27H29N3O3S. The summed E-state index contributed by atoms with van der Waals surface area (Å²) in [7, 11) is 1.59. The molecule has 0 radical (unpaired) electrons. The van der Waals surface area contributed by atoms with E-state index in [1.807, 2.05) is 31.2 Å². The van der Waals surface area contributed by atoms with Gasteiger partial charge in [0.1, 0.15) is 5.75 Å². The van der Waals surface area contributed by atoms with Gasteiger partial charge in [-0.2, -0.15) is 0 Å². The Morgan fingerprint density at radius 1 is 1.18 bits per heavy atom. The van der Waals surface area contributed by atoms with Gasteiger partial charge in [-0.3, -0.25) is 14.2 Å². The third kappa shape index (κ3) is 4.02. The summed E-state index contributed by atoms with van der Waals surface area (Å²) >= 11 is 1.31. The van der Waals surface area contributed by atoms with Gasteiger partial charge in [-0.25, -0.2) is 4.98 Å². The number of carbonyl (C=O) groups is 1. The predicted molar refractivity (Wildman–Crippen MR) is 136 cm³/mol. The number of aromatic nitrogens is 2. The Balaban J connectivity index is 1.48. The highest BCUT2D eigenvalue weighted by molar-refractivity contribution is 7.99. The van der Waals surface area contributed by atoms with E-state index in [2.05, 4.69) is 23.5 Å². The third-order valence-electron chi connectivity index (χ3n) is 7.03. The summed E-state index contributed by atoms with van der Waals surface area (Å²) in [5, 5.41) is 3.50. The molecule has 2 aliphatic carbocycles. The van der Waals surface area contributed by atoms with Gasteiger partial charge in [0, 0.05) is 29.3 Å². The molecule has 0 saturated heterocycles. The maximum atomic E-state index is 13.8. The lowest BCUT2D eigenvalue weighted by molar-refractivity contribution is -0.113. The van der Waals surface area contributed by atoms with E-state index < -0.39 is 0 Å². The Kier molecular flexibility index (Phi) is 6.21. The van der Waals surface area contributed by atoms with Gasteiger partial charge >= 0.3 is 0 Å². The number of fused-ring (bicyclic) bond motifs is 4. The SMILES string of the molecule is CCn1c(SCC(=O)Nc2cccc(OC)c2)nc2c(c1=O)C1(CCCC1)Cc1ccccc1-2. The highest BCUT2D eigenvalue weighted by Crippen LogP contribution is 2.49. The molecule has 7 heteroatoms. The van der Waals surface area contributed by atoms with Crippen LogP contribution in [0.4, 0.5) is 5.69 Å². The van der Waals surface area contributed by atoms with Crippen molar-refractivity contribution in [3.8, 4) is 17.0 Å². The largest absolute Gasteiger partial charge is 0.497 e. The van der Waals surface area contributed by atoms with E-state index in [9.17, 15) is 9.59 Å². The Morgan fingerprint density at radius 3 is 2.74 bits per heavy atom. The molecule has 1 amide bonds. The molecule has 0 atom stereocenters. The van der Waals surface area contributed by atoms with Crippen LogP contribution in [0.1, 0.15) is 43.7 Å². The predicted octanol–water partition coefficient (Wildman–Crippen LogP) is 5.04. The van der Waals surface area contributed by atoms with E-state index in [1.54, 1.807) is 17.7 Å². The van der Waals surface area contributed by atoms with Crippen LogP contribution in [0.15, 0.2) is 58.5 Å². The fourth-order valence-electron chi connectivity index (χ4n) is 5.46. The first-order valence-corrected chi connectivity index (χ1v) is 12.8. The van der Waals surface area contributed by atoms with E-state index in [0.717, 1.165) is 48.9 Å². The number of methoxy groups -OCH3 is 1. The second kappa shape index (κ2) is 9.29. The van der Waals surface area contributed by atoms with E-state index in [1.165, 1.54) is 17.3 Å². The van der Waals surface area contributed by atoms with Gasteiger partial charge in [-0.05, 0) is 43.9 Å². The molecule has 2 aliphatic rings. The quantitative estimate of drug-likeness (QED) is 0.400. The lowest BCUT2D eigenvalue weighted by Gasteiger charge is -2.36. The molecule has 1 fully saturated rings. The Labute approximate surface area is 203 Å². The highest BCUT2D eigenvalue weighted by Gasteiger charge is 2.44. The molecule has 0 unspecified atom stereocenters. The molecular weight excluding hydrogens is 446 g/mol. The minimum atomic E-state index is -0.152. The van der Waals surface area contributed by atoms with Gasteiger partial charge in [0.15, 0.2) is 5.16 Å². The summed E-state index contributed by atoms with van der Waals surface area (Å²) in [6.45, 7) is 2.49. The first-order valence-electron chi connectivity index (χ1n) is 11.8. The standard InChI is InChI=1S/C27H29N3O3S/c1-3-30-25(32)23-24(21-12-5-4-9-18(21)16-27(23)13-6-7-14-27)29-26(30)34-17-22(31)28-19-10-8-11-20(15-19)33-2/h4-5,8-12,15H,3,6-7,13-14,16-17H2,1-2H3,(H,28,31). The zero-order valence-corrected chi connectivity index (χ0v) is 20.4. The lowest BCUT2D eigenvalue weighted by atomic mass is 9.68. The summed E-state index contributed by atoms with van der Waals surface area (Å²) < 4.78 is 6.97. The van der Waals surface area contributed by atoms with Crippen LogP contribution in [0.25, 0.3) is 11.3 Å². The number of hydrogen-bond acceptors (Lipinski definition) is 5. The van der Waals surface area contributed by atoms with Crippen LogP contribution >= 0.6 is 11.8 Å². The van der Waals surface area contributed by atoms with Gasteiger partial charge in [0.05, 0.1) is 24.1 Å². The van der Waals surface area contributed by atoms with Gasteiger partial charge in [-0.1, -0.05) is 54.9 Å². The summed E-state index contributed by atoms with van der Waals surface area (Å²) in [4.78, 5) is 31.5. The molecule has 5 rings (SSSR count). The number of benzene rings is 2. The molecule has 34 heavy (non-hydrogen) atoms. The molecule has 6 nitrogen and oxygen atoms in total. The van der Waals surface area contributed by atoms with Crippen molar-refractivity contribution in [2.24, 2.45) is 0 Å². The van der Waals surface area contributed by atoms with Crippen molar-refractivity contribution in [1.82, 2.24) is 9.55 Å². The number of hydrogen-bond donors (Lipinski definition) is 1. The van der Waals surface area contributed by atoms with Gasteiger partial charge < -0.3 is 10.1 Å². The van der Waals surface area contributed by atoms with Gasteiger partial charge in [0.2, 0.25) is 5.91 Å². The zero-order chi connectivity index (χ0) is 23.7. The average Bonchev–Trinajstić information content (AvgIpc) is 3.31. The van der Waals surface area contributed by atoms with Gasteiger partial charge in [-0.15, -0.1) is 0 Å². The van der Waals surface area contributed by atoms with E-state index in [-0.39, 0.29) is 22.6 Å². The van der Waals surface area contributed by atoms with Crippen LogP contribution in [0.3, 0.4) is 0 Å². The van der Waals surface area contributed by atoms with Gasteiger partial charge in [0.25, 0.3) is 5.56 Å². The summed E-state index contributed by atoms with van der Waals surface area (Å²) in [5.74, 6) is 0.691. The van der Waals surface area contributed by atoms with Crippen molar-refractivity contribution in [2.45, 2.75) is 56.1 Å². The minimum Gasteiger partial charge on any atom is -0.497 e. The maximum absolute atomic E-state index is 13.8. The normalized spacial score (nSPS) is 15.6. The van der Waals surface area contributed by atoms with Crippen molar-refractivity contribution in [2.75, 3.05) is 18.2 Å². The number of rotatable bonds is 6. The monoisotopic (exact) mass is 475 g/mol. The molecule has 1 spiro atoms. The second-order valence-electron chi connectivity index (χ2n) is 9.06. The number of thioether (sulfide) groups is 1. The molecule has 3 aromatic rings. The molecule has 176 valence electrons. The second-order valence-corrected chi connectivity index (χ2v) is 10.0. The number of carbonyl (C=O) groups excluding carboxylic acids is 1.